The third-order valence-electron chi connectivity index (χ3n) is 4.31. The van der Waals surface area contributed by atoms with E-state index < -0.39 is 12.7 Å². The maximum atomic E-state index is 12.4. The van der Waals surface area contributed by atoms with Crippen molar-refractivity contribution in [1.29, 1.82) is 0 Å². The van der Waals surface area contributed by atoms with Crippen LogP contribution in [0.1, 0.15) is 12.8 Å². The Hall–Kier alpha value is -1.43. The number of anilines is 1. The van der Waals surface area contributed by atoms with Gasteiger partial charge in [0.15, 0.2) is 17.5 Å². The van der Waals surface area contributed by atoms with Crippen molar-refractivity contribution in [2.75, 3.05) is 44.7 Å². The minimum atomic E-state index is -4.16. The second-order valence-corrected chi connectivity index (χ2v) is 6.57. The Kier molecular flexibility index (Phi) is 7.83. The van der Waals surface area contributed by atoms with Crippen molar-refractivity contribution in [3.05, 3.63) is 18.2 Å². The van der Waals surface area contributed by atoms with Crippen LogP contribution in [-0.2, 0) is 0 Å². The van der Waals surface area contributed by atoms with Crippen molar-refractivity contribution >= 4 is 35.6 Å². The number of guanidine groups is 1. The number of benzene rings is 1. The van der Waals surface area contributed by atoms with Gasteiger partial charge in [0.05, 0.1) is 19.8 Å². The van der Waals surface area contributed by atoms with E-state index in [9.17, 15) is 13.2 Å². The zero-order valence-corrected chi connectivity index (χ0v) is 17.1. The van der Waals surface area contributed by atoms with E-state index in [-0.39, 0.29) is 35.9 Å². The number of alkyl halides is 3. The number of hydrogen-bond donors (Lipinski definition) is 2. The zero-order chi connectivity index (χ0) is 18.6. The van der Waals surface area contributed by atoms with Crippen molar-refractivity contribution in [3.8, 4) is 11.5 Å². The molecular formula is C17H24F3IN4O2. The highest BCUT2D eigenvalue weighted by atomic mass is 127. The van der Waals surface area contributed by atoms with Gasteiger partial charge >= 0.3 is 6.18 Å². The Balaban J connectivity index is 0.00000261. The van der Waals surface area contributed by atoms with E-state index in [1.54, 1.807) is 6.07 Å². The molecule has 0 amide bonds. The molecule has 2 aliphatic rings. The fraction of sp³-hybridized carbons (Fsp3) is 0.588. The Morgan fingerprint density at radius 1 is 1.26 bits per heavy atom. The summed E-state index contributed by atoms with van der Waals surface area (Å²) in [6, 6.07) is 5.42. The summed E-state index contributed by atoms with van der Waals surface area (Å²) in [5, 5.41) is 2.98. The number of nitrogens with one attached hydrogen (secondary N) is 1. The third kappa shape index (κ3) is 6.91. The first-order valence-corrected chi connectivity index (χ1v) is 8.65. The normalized spacial score (nSPS) is 20.7. The second-order valence-electron chi connectivity index (χ2n) is 6.57. The summed E-state index contributed by atoms with van der Waals surface area (Å²) in [5.41, 5.74) is 6.62. The zero-order valence-electron chi connectivity index (χ0n) is 14.8. The predicted molar refractivity (Wildman–Crippen MR) is 108 cm³/mol. The maximum Gasteiger partial charge on any atom is 0.401 e. The van der Waals surface area contributed by atoms with E-state index in [2.05, 4.69) is 10.3 Å². The van der Waals surface area contributed by atoms with Gasteiger partial charge in [0.1, 0.15) is 0 Å². The first kappa shape index (κ1) is 21.9. The predicted octanol–water partition coefficient (Wildman–Crippen LogP) is 3.08. The first-order valence-electron chi connectivity index (χ1n) is 8.65. The molecule has 1 aromatic rings. The van der Waals surface area contributed by atoms with Crippen molar-refractivity contribution in [3.63, 3.8) is 0 Å². The van der Waals surface area contributed by atoms with Crippen molar-refractivity contribution in [2.45, 2.75) is 19.0 Å². The van der Waals surface area contributed by atoms with Gasteiger partial charge in [0.2, 0.25) is 0 Å². The van der Waals surface area contributed by atoms with Gasteiger partial charge in [-0.15, -0.1) is 24.0 Å². The van der Waals surface area contributed by atoms with Crippen LogP contribution in [-0.4, -0.2) is 56.4 Å². The lowest BCUT2D eigenvalue weighted by Gasteiger charge is -2.17. The van der Waals surface area contributed by atoms with E-state index in [0.717, 1.165) is 12.1 Å². The average molecular weight is 500 g/mol. The molecule has 1 saturated heterocycles. The van der Waals surface area contributed by atoms with Crippen LogP contribution in [0.25, 0.3) is 0 Å². The van der Waals surface area contributed by atoms with Crippen LogP contribution in [0.3, 0.4) is 0 Å². The minimum absolute atomic E-state index is 0. The molecule has 0 spiro atoms. The number of ether oxygens (including phenoxy) is 2. The monoisotopic (exact) mass is 500 g/mol. The number of halogens is 4. The summed E-state index contributed by atoms with van der Waals surface area (Å²) >= 11 is 0. The molecule has 1 fully saturated rings. The Morgan fingerprint density at radius 2 is 2.00 bits per heavy atom. The molecule has 0 bridgehead atoms. The summed E-state index contributed by atoms with van der Waals surface area (Å²) in [4.78, 5) is 5.68. The van der Waals surface area contributed by atoms with Crippen LogP contribution in [0, 0.1) is 5.92 Å². The third-order valence-corrected chi connectivity index (χ3v) is 4.31. The van der Waals surface area contributed by atoms with Crippen molar-refractivity contribution < 1.29 is 22.6 Å². The lowest BCUT2D eigenvalue weighted by molar-refractivity contribution is -0.143. The Bertz CT molecular complexity index is 658. The van der Waals surface area contributed by atoms with Gasteiger partial charge in [-0.2, -0.15) is 13.2 Å². The molecule has 1 atom stereocenters. The van der Waals surface area contributed by atoms with Gasteiger partial charge in [-0.05, 0) is 31.0 Å². The Labute approximate surface area is 173 Å². The number of rotatable bonds is 4. The first-order chi connectivity index (χ1) is 12.4. The van der Waals surface area contributed by atoms with Crippen LogP contribution >= 0.6 is 24.0 Å². The number of fused-ring (bicyclic) bond motifs is 1. The van der Waals surface area contributed by atoms with E-state index in [1.807, 2.05) is 12.1 Å². The van der Waals surface area contributed by atoms with Gasteiger partial charge in [-0.25, -0.2) is 0 Å². The summed E-state index contributed by atoms with van der Waals surface area (Å²) in [6.07, 6.45) is -2.64. The highest BCUT2D eigenvalue weighted by molar-refractivity contribution is 14.0. The number of nitrogens with two attached hydrogens (primary N) is 1. The molecule has 0 saturated carbocycles. The summed E-state index contributed by atoms with van der Waals surface area (Å²) < 4.78 is 48.4. The van der Waals surface area contributed by atoms with Crippen LogP contribution in [0.5, 0.6) is 11.5 Å². The highest BCUT2D eigenvalue weighted by Gasteiger charge is 2.34. The SMILES string of the molecule is I.NC(=NCC1CCN(CC(F)(F)F)C1)Nc1ccc2c(c1)OCCCO2. The van der Waals surface area contributed by atoms with E-state index in [1.165, 1.54) is 4.90 Å². The maximum absolute atomic E-state index is 12.4. The van der Waals surface area contributed by atoms with Crippen LogP contribution < -0.4 is 20.5 Å². The average Bonchev–Trinajstić information content (AvgIpc) is 2.86. The van der Waals surface area contributed by atoms with Crippen LogP contribution in [0.4, 0.5) is 18.9 Å². The lowest BCUT2D eigenvalue weighted by atomic mass is 10.1. The van der Waals surface area contributed by atoms with Gasteiger partial charge in [0, 0.05) is 31.3 Å². The molecular weight excluding hydrogens is 476 g/mol. The molecule has 152 valence electrons. The molecule has 2 heterocycles. The quantitative estimate of drug-likeness (QED) is 0.378. The van der Waals surface area contributed by atoms with Crippen molar-refractivity contribution in [1.82, 2.24) is 4.90 Å². The lowest BCUT2D eigenvalue weighted by Crippen LogP contribution is -2.32. The highest BCUT2D eigenvalue weighted by Crippen LogP contribution is 2.32. The fourth-order valence-electron chi connectivity index (χ4n) is 3.11. The molecule has 10 heteroatoms. The smallest absolute Gasteiger partial charge is 0.401 e. The van der Waals surface area contributed by atoms with Gasteiger partial charge < -0.3 is 20.5 Å². The molecule has 0 aliphatic carbocycles. The molecule has 1 aromatic carbocycles. The molecule has 27 heavy (non-hydrogen) atoms. The largest absolute Gasteiger partial charge is 0.490 e. The van der Waals surface area contributed by atoms with Crippen molar-refractivity contribution in [2.24, 2.45) is 16.6 Å². The summed E-state index contributed by atoms with van der Waals surface area (Å²) in [6.45, 7) is 1.58. The summed E-state index contributed by atoms with van der Waals surface area (Å²) in [7, 11) is 0. The molecule has 1 unspecified atom stereocenters. The second kappa shape index (κ2) is 9.67. The molecule has 0 aromatic heterocycles. The van der Waals surface area contributed by atoms with E-state index in [4.69, 9.17) is 15.2 Å². The molecule has 0 radical (unpaired) electrons. The van der Waals surface area contributed by atoms with Gasteiger partial charge in [-0.1, -0.05) is 0 Å². The Morgan fingerprint density at radius 3 is 2.74 bits per heavy atom. The molecule has 2 aliphatic heterocycles. The van der Waals surface area contributed by atoms with E-state index >= 15 is 0 Å². The molecule has 6 nitrogen and oxygen atoms in total. The van der Waals surface area contributed by atoms with Crippen LogP contribution in [0.15, 0.2) is 23.2 Å². The number of aliphatic imine (C=N–C) groups is 1. The van der Waals surface area contributed by atoms with E-state index in [0.29, 0.717) is 50.8 Å². The number of likely N-dealkylation sites (tertiary alicyclic amines) is 1. The number of nitrogens with zero attached hydrogens (tertiary/aromatic N) is 2. The molecule has 3 rings (SSSR count). The number of hydrogen-bond acceptors (Lipinski definition) is 4. The van der Waals surface area contributed by atoms with Gasteiger partial charge in [-0.3, -0.25) is 9.89 Å². The van der Waals surface area contributed by atoms with Crippen LogP contribution in [0.2, 0.25) is 0 Å². The summed E-state index contributed by atoms with van der Waals surface area (Å²) in [5.74, 6) is 1.66. The standard InChI is InChI=1S/C17H23F3N4O2.HI/c18-17(19,20)11-24-5-4-12(10-24)9-22-16(21)23-13-2-3-14-15(8-13)26-7-1-6-25-14;/h2-3,8,12H,1,4-7,9-11H2,(H3,21,22,23);1H. The minimum Gasteiger partial charge on any atom is -0.490 e. The van der Waals surface area contributed by atoms with Gasteiger partial charge in [0.25, 0.3) is 0 Å². The topological polar surface area (TPSA) is 72.1 Å². The fourth-order valence-corrected chi connectivity index (χ4v) is 3.11. The molecule has 3 N–H and O–H groups in total.